The van der Waals surface area contributed by atoms with E-state index in [1.165, 1.54) is 0 Å². The van der Waals surface area contributed by atoms with E-state index in [1.54, 1.807) is 0 Å². The summed E-state index contributed by atoms with van der Waals surface area (Å²) in [6.45, 7) is 4.42. The van der Waals surface area contributed by atoms with Gasteiger partial charge in [0.2, 0.25) is 5.91 Å². The van der Waals surface area contributed by atoms with E-state index in [4.69, 9.17) is 4.55 Å². The Bertz CT molecular complexity index is 865. The highest BCUT2D eigenvalue weighted by atomic mass is 32.2. The zero-order chi connectivity index (χ0) is 24.9. The second-order valence-corrected chi connectivity index (χ2v) is 13.7. The minimum atomic E-state index is -4.09. The molecule has 0 aromatic rings. The van der Waals surface area contributed by atoms with Crippen molar-refractivity contribution in [2.24, 2.45) is 40.4 Å². The average molecular weight is 502 g/mol. The van der Waals surface area contributed by atoms with Crippen molar-refractivity contribution < 1.29 is 33.1 Å². The number of hydrogen-bond donors (Lipinski definition) is 5. The minimum absolute atomic E-state index is 0.0592. The summed E-state index contributed by atoms with van der Waals surface area (Å²) in [6, 6.07) is 0. The van der Waals surface area contributed by atoms with Crippen molar-refractivity contribution >= 4 is 16.0 Å². The molecular formula is C25H43NO7S. The van der Waals surface area contributed by atoms with E-state index in [-0.39, 0.29) is 59.5 Å². The Balaban J connectivity index is 1.39. The van der Waals surface area contributed by atoms with Crippen LogP contribution in [0.15, 0.2) is 0 Å². The van der Waals surface area contributed by atoms with Crippen molar-refractivity contribution in [2.45, 2.75) is 96.4 Å². The normalized spacial score (nSPS) is 46.3. The summed E-state index contributed by atoms with van der Waals surface area (Å²) in [5.41, 5.74) is -0.218. The van der Waals surface area contributed by atoms with E-state index >= 15 is 0 Å². The first-order valence-electron chi connectivity index (χ1n) is 13.1. The first-order valence-corrected chi connectivity index (χ1v) is 14.7. The molecule has 0 spiro atoms. The summed E-state index contributed by atoms with van der Waals surface area (Å²) in [7, 11) is -4.09. The number of aliphatic hydroxyl groups is 3. The highest BCUT2D eigenvalue weighted by molar-refractivity contribution is 7.85. The fourth-order valence-corrected chi connectivity index (χ4v) is 9.04. The van der Waals surface area contributed by atoms with Gasteiger partial charge in [0.1, 0.15) is 0 Å². The van der Waals surface area contributed by atoms with E-state index in [0.717, 1.165) is 44.9 Å². The number of nitrogens with one attached hydrogen (secondary N) is 1. The Labute approximate surface area is 203 Å². The van der Waals surface area contributed by atoms with Gasteiger partial charge >= 0.3 is 0 Å². The molecule has 1 amide bonds. The third-order valence-electron chi connectivity index (χ3n) is 10.6. The third kappa shape index (κ3) is 4.80. The fourth-order valence-electron chi connectivity index (χ4n) is 8.68. The van der Waals surface area contributed by atoms with Gasteiger partial charge < -0.3 is 20.6 Å². The molecule has 0 aromatic heterocycles. The molecule has 10 atom stereocenters. The summed E-state index contributed by atoms with van der Waals surface area (Å²) < 4.78 is 30.4. The number of fused-ring (bicyclic) bond motifs is 5. The van der Waals surface area contributed by atoms with Gasteiger partial charge in [-0.3, -0.25) is 9.35 Å². The van der Waals surface area contributed by atoms with Crippen molar-refractivity contribution in [2.75, 3.05) is 12.3 Å². The van der Waals surface area contributed by atoms with E-state index in [1.807, 2.05) is 0 Å². The molecule has 4 aliphatic carbocycles. The molecular weight excluding hydrogens is 458 g/mol. The highest BCUT2D eigenvalue weighted by Crippen LogP contribution is 2.67. The number of carbonyl (C=O) groups is 1. The maximum absolute atomic E-state index is 12.1. The Morgan fingerprint density at radius 2 is 1.76 bits per heavy atom. The quantitative estimate of drug-likeness (QED) is 0.336. The van der Waals surface area contributed by atoms with Crippen LogP contribution >= 0.6 is 0 Å². The van der Waals surface area contributed by atoms with Gasteiger partial charge in [-0.25, -0.2) is 0 Å². The molecule has 9 heteroatoms. The molecule has 4 aliphatic rings. The monoisotopic (exact) mass is 501 g/mol. The number of amides is 1. The molecule has 1 unspecified atom stereocenters. The van der Waals surface area contributed by atoms with Crippen LogP contribution in [-0.2, 0) is 14.9 Å². The van der Waals surface area contributed by atoms with Crippen LogP contribution in [0.1, 0.15) is 78.1 Å². The molecule has 0 aromatic carbocycles. The standard InChI is InChI=1S/C25H43NO7S/c1-24-9-8-17(27)12-16(24)13-20(28)23-18-7-6-15(25(18,2)21(29)14-19(23)24)4-3-5-22(30)26-10-11-34(31,32)33/h15-21,23,27-29H,3-14H2,1-2H3,(H,26,30)(H,31,32,33)/t15-,16-,17+,18-,19?,20+,21-,23-,24-,25+/m0/s1. The van der Waals surface area contributed by atoms with E-state index in [9.17, 15) is 28.5 Å². The highest BCUT2D eigenvalue weighted by Gasteiger charge is 2.65. The Hall–Kier alpha value is -0.740. The molecule has 8 nitrogen and oxygen atoms in total. The van der Waals surface area contributed by atoms with Crippen LogP contribution in [0.25, 0.3) is 0 Å². The van der Waals surface area contributed by atoms with Crippen molar-refractivity contribution in [1.82, 2.24) is 5.32 Å². The maximum atomic E-state index is 12.1. The largest absolute Gasteiger partial charge is 0.393 e. The number of hydrogen-bond acceptors (Lipinski definition) is 6. The molecule has 0 radical (unpaired) electrons. The van der Waals surface area contributed by atoms with Crippen LogP contribution in [0, 0.1) is 40.4 Å². The third-order valence-corrected chi connectivity index (χ3v) is 11.3. The molecule has 0 heterocycles. The smallest absolute Gasteiger partial charge is 0.266 e. The predicted molar refractivity (Wildman–Crippen MR) is 127 cm³/mol. The SMILES string of the molecule is C[C@@]12[C@@H](CCCC(=O)NCCS(=O)(=O)O)CC[C@H]1[C@H]1C(C[C@@H]2O)[C@@]2(C)CC[C@@H](O)C[C@H]2C[C@H]1O. The summed E-state index contributed by atoms with van der Waals surface area (Å²) in [5.74, 6) is 0.582. The molecule has 0 aliphatic heterocycles. The van der Waals surface area contributed by atoms with Gasteiger partial charge in [-0.2, -0.15) is 8.42 Å². The van der Waals surface area contributed by atoms with Gasteiger partial charge in [0, 0.05) is 13.0 Å². The maximum Gasteiger partial charge on any atom is 0.266 e. The van der Waals surface area contributed by atoms with Crippen molar-refractivity contribution in [3.05, 3.63) is 0 Å². The predicted octanol–water partition coefficient (Wildman–Crippen LogP) is 2.12. The van der Waals surface area contributed by atoms with E-state index < -0.39 is 28.1 Å². The Kier molecular flexibility index (Phi) is 7.44. The van der Waals surface area contributed by atoms with Crippen LogP contribution in [0.5, 0.6) is 0 Å². The second kappa shape index (κ2) is 9.61. The van der Waals surface area contributed by atoms with Crippen molar-refractivity contribution in [3.8, 4) is 0 Å². The summed E-state index contributed by atoms with van der Waals surface area (Å²) >= 11 is 0. The topological polar surface area (TPSA) is 144 Å². The molecule has 196 valence electrons. The lowest BCUT2D eigenvalue weighted by Crippen LogP contribution is -2.62. The lowest BCUT2D eigenvalue weighted by molar-refractivity contribution is -0.204. The number of carbonyl (C=O) groups excluding carboxylic acids is 1. The van der Waals surface area contributed by atoms with Crippen LogP contribution in [0.4, 0.5) is 0 Å². The van der Waals surface area contributed by atoms with Gasteiger partial charge in [0.25, 0.3) is 10.1 Å². The molecule has 0 saturated heterocycles. The lowest BCUT2D eigenvalue weighted by Gasteiger charge is -2.63. The summed E-state index contributed by atoms with van der Waals surface area (Å²) in [5, 5.41) is 35.6. The molecule has 5 N–H and O–H groups in total. The number of aliphatic hydroxyl groups excluding tert-OH is 3. The summed E-state index contributed by atoms with van der Waals surface area (Å²) in [6.07, 6.45) is 6.58. The molecule has 4 saturated carbocycles. The molecule has 4 rings (SSSR count). The van der Waals surface area contributed by atoms with Crippen LogP contribution in [-0.4, -0.2) is 64.8 Å². The zero-order valence-corrected chi connectivity index (χ0v) is 21.3. The average Bonchev–Trinajstić information content (AvgIpc) is 3.07. The van der Waals surface area contributed by atoms with Crippen molar-refractivity contribution in [3.63, 3.8) is 0 Å². The van der Waals surface area contributed by atoms with E-state index in [0.29, 0.717) is 18.8 Å². The fraction of sp³-hybridized carbons (Fsp3) is 0.960. The van der Waals surface area contributed by atoms with Crippen LogP contribution in [0.2, 0.25) is 0 Å². The van der Waals surface area contributed by atoms with Gasteiger partial charge in [-0.05, 0) is 98.2 Å². The van der Waals surface area contributed by atoms with E-state index in [2.05, 4.69) is 19.2 Å². The van der Waals surface area contributed by atoms with Crippen LogP contribution < -0.4 is 5.32 Å². The second-order valence-electron chi connectivity index (χ2n) is 12.1. The molecule has 4 fully saturated rings. The van der Waals surface area contributed by atoms with Gasteiger partial charge in [-0.1, -0.05) is 13.8 Å². The number of rotatable bonds is 7. The van der Waals surface area contributed by atoms with Gasteiger partial charge in [0.05, 0.1) is 24.1 Å². The minimum Gasteiger partial charge on any atom is -0.393 e. The Morgan fingerprint density at radius 1 is 1.03 bits per heavy atom. The molecule has 34 heavy (non-hydrogen) atoms. The zero-order valence-electron chi connectivity index (χ0n) is 20.5. The first-order chi connectivity index (χ1) is 15.9. The molecule has 0 bridgehead atoms. The van der Waals surface area contributed by atoms with Gasteiger partial charge in [0.15, 0.2) is 0 Å². The van der Waals surface area contributed by atoms with Gasteiger partial charge in [-0.15, -0.1) is 0 Å². The van der Waals surface area contributed by atoms with Crippen molar-refractivity contribution in [1.29, 1.82) is 0 Å². The Morgan fingerprint density at radius 3 is 2.47 bits per heavy atom. The first kappa shape index (κ1) is 26.3. The van der Waals surface area contributed by atoms with Crippen LogP contribution in [0.3, 0.4) is 0 Å². The lowest BCUT2D eigenvalue weighted by atomic mass is 9.43. The summed E-state index contributed by atoms with van der Waals surface area (Å²) in [4.78, 5) is 12.1.